The molecule has 1 heterocycles. The third-order valence-electron chi connectivity index (χ3n) is 4.04. The molecule has 0 radical (unpaired) electrons. The van der Waals surface area contributed by atoms with Crippen LogP contribution >= 0.6 is 0 Å². The van der Waals surface area contributed by atoms with Crippen LogP contribution in [0.25, 0.3) is 0 Å². The van der Waals surface area contributed by atoms with E-state index in [1.54, 1.807) is 19.9 Å². The highest BCUT2D eigenvalue weighted by Crippen LogP contribution is 2.30. The molecule has 0 aliphatic carbocycles. The molecule has 1 fully saturated rings. The lowest BCUT2D eigenvalue weighted by molar-refractivity contribution is -0.150. The predicted octanol–water partition coefficient (Wildman–Crippen LogP) is 2.17. The van der Waals surface area contributed by atoms with Gasteiger partial charge in [0.1, 0.15) is 11.3 Å². The highest BCUT2D eigenvalue weighted by atomic mass is 16.4. The molecule has 1 unspecified atom stereocenters. The van der Waals surface area contributed by atoms with Crippen molar-refractivity contribution in [3.8, 4) is 5.75 Å². The SMILES string of the molecule is Cc1cc(C(=O)N2CCCCC2(C)C(=O)O)ccc1O. The molecule has 2 rings (SSSR count). The number of carboxylic acid groups (broad SMARTS) is 1. The first-order chi connectivity index (χ1) is 9.36. The van der Waals surface area contributed by atoms with Crippen molar-refractivity contribution in [1.82, 2.24) is 4.90 Å². The average molecular weight is 277 g/mol. The molecule has 1 aliphatic heterocycles. The lowest BCUT2D eigenvalue weighted by Gasteiger charge is -2.41. The zero-order valence-electron chi connectivity index (χ0n) is 11.7. The van der Waals surface area contributed by atoms with Gasteiger partial charge in [-0.2, -0.15) is 0 Å². The van der Waals surface area contributed by atoms with E-state index >= 15 is 0 Å². The summed E-state index contributed by atoms with van der Waals surface area (Å²) in [5.41, 5.74) is -0.138. The van der Waals surface area contributed by atoms with Crippen molar-refractivity contribution in [2.75, 3.05) is 6.54 Å². The Morgan fingerprint density at radius 1 is 1.30 bits per heavy atom. The van der Waals surface area contributed by atoms with Gasteiger partial charge in [0.15, 0.2) is 0 Å². The standard InChI is InChI=1S/C15H19NO4/c1-10-9-11(5-6-12(10)17)13(18)16-8-4-3-7-15(16,2)14(19)20/h5-6,9,17H,3-4,7-8H2,1-2H3,(H,19,20). The highest BCUT2D eigenvalue weighted by molar-refractivity contribution is 5.98. The molecule has 1 aromatic rings. The topological polar surface area (TPSA) is 77.8 Å². The fraction of sp³-hybridized carbons (Fsp3) is 0.467. The van der Waals surface area contributed by atoms with Crippen LogP contribution in [0.4, 0.5) is 0 Å². The predicted molar refractivity (Wildman–Crippen MR) is 73.8 cm³/mol. The Kier molecular flexibility index (Phi) is 3.70. The quantitative estimate of drug-likeness (QED) is 0.868. The van der Waals surface area contributed by atoms with E-state index in [1.165, 1.54) is 17.0 Å². The number of nitrogens with zero attached hydrogens (tertiary/aromatic N) is 1. The minimum absolute atomic E-state index is 0.126. The van der Waals surface area contributed by atoms with Crippen molar-refractivity contribution in [3.05, 3.63) is 29.3 Å². The fourth-order valence-electron chi connectivity index (χ4n) is 2.61. The van der Waals surface area contributed by atoms with Gasteiger partial charge in [-0.1, -0.05) is 0 Å². The van der Waals surface area contributed by atoms with Crippen molar-refractivity contribution in [3.63, 3.8) is 0 Å². The fourth-order valence-corrected chi connectivity index (χ4v) is 2.61. The van der Waals surface area contributed by atoms with Gasteiger partial charge in [0.05, 0.1) is 0 Å². The third kappa shape index (κ3) is 2.35. The Morgan fingerprint density at radius 2 is 2.00 bits per heavy atom. The Morgan fingerprint density at radius 3 is 2.60 bits per heavy atom. The van der Waals surface area contributed by atoms with Crippen molar-refractivity contribution in [2.45, 2.75) is 38.6 Å². The monoisotopic (exact) mass is 277 g/mol. The number of piperidine rings is 1. The first-order valence-electron chi connectivity index (χ1n) is 6.71. The lowest BCUT2D eigenvalue weighted by Crippen LogP contribution is -2.57. The van der Waals surface area contributed by atoms with E-state index in [0.717, 1.165) is 12.8 Å². The summed E-state index contributed by atoms with van der Waals surface area (Å²) in [6, 6.07) is 4.58. The summed E-state index contributed by atoms with van der Waals surface area (Å²) in [5, 5.41) is 18.9. The Bertz CT molecular complexity index is 555. The van der Waals surface area contributed by atoms with Crippen LogP contribution < -0.4 is 0 Å². The molecule has 1 aromatic carbocycles. The second-order valence-electron chi connectivity index (χ2n) is 5.49. The second-order valence-corrected chi connectivity index (χ2v) is 5.49. The normalized spacial score (nSPS) is 22.6. The van der Waals surface area contributed by atoms with Gasteiger partial charge in [-0.25, -0.2) is 4.79 Å². The van der Waals surface area contributed by atoms with Crippen LogP contribution in [-0.4, -0.2) is 39.1 Å². The number of amides is 1. The number of phenols is 1. The van der Waals surface area contributed by atoms with Crippen LogP contribution in [0.3, 0.4) is 0 Å². The maximum atomic E-state index is 12.6. The van der Waals surface area contributed by atoms with Crippen molar-refractivity contribution in [2.24, 2.45) is 0 Å². The summed E-state index contributed by atoms with van der Waals surface area (Å²) in [6.45, 7) is 3.75. The van der Waals surface area contributed by atoms with Crippen molar-refractivity contribution >= 4 is 11.9 Å². The van der Waals surface area contributed by atoms with Gasteiger partial charge in [0.2, 0.25) is 0 Å². The molecule has 2 N–H and O–H groups in total. The number of aromatic hydroxyl groups is 1. The van der Waals surface area contributed by atoms with Crippen LogP contribution in [0, 0.1) is 6.92 Å². The van der Waals surface area contributed by atoms with Gasteiger partial charge < -0.3 is 15.1 Å². The molecule has 0 saturated carbocycles. The largest absolute Gasteiger partial charge is 0.508 e. The highest BCUT2D eigenvalue weighted by Gasteiger charge is 2.44. The number of carboxylic acids is 1. The van der Waals surface area contributed by atoms with E-state index in [-0.39, 0.29) is 11.7 Å². The summed E-state index contributed by atoms with van der Waals surface area (Å²) in [7, 11) is 0. The number of phenolic OH excluding ortho intramolecular Hbond substituents is 1. The third-order valence-corrected chi connectivity index (χ3v) is 4.04. The van der Waals surface area contributed by atoms with Crippen molar-refractivity contribution < 1.29 is 19.8 Å². The smallest absolute Gasteiger partial charge is 0.329 e. The van der Waals surface area contributed by atoms with E-state index in [4.69, 9.17) is 0 Å². The molecule has 0 aromatic heterocycles. The van der Waals surface area contributed by atoms with Crippen LogP contribution in [0.5, 0.6) is 5.75 Å². The molecule has 0 bridgehead atoms. The van der Waals surface area contributed by atoms with Crippen LogP contribution in [0.2, 0.25) is 0 Å². The zero-order valence-corrected chi connectivity index (χ0v) is 11.7. The maximum Gasteiger partial charge on any atom is 0.329 e. The summed E-state index contributed by atoms with van der Waals surface area (Å²) >= 11 is 0. The minimum Gasteiger partial charge on any atom is -0.508 e. The lowest BCUT2D eigenvalue weighted by atomic mass is 9.87. The number of aliphatic carboxylic acids is 1. The Balaban J connectivity index is 2.35. The first kappa shape index (κ1) is 14.4. The molecular formula is C15H19NO4. The second kappa shape index (κ2) is 5.15. The number of rotatable bonds is 2. The van der Waals surface area contributed by atoms with E-state index in [9.17, 15) is 19.8 Å². The Hall–Kier alpha value is -2.04. The van der Waals surface area contributed by atoms with E-state index in [0.29, 0.717) is 24.1 Å². The number of carbonyl (C=O) groups is 2. The first-order valence-corrected chi connectivity index (χ1v) is 6.71. The molecule has 1 aliphatic rings. The summed E-state index contributed by atoms with van der Waals surface area (Å²) < 4.78 is 0. The number of likely N-dealkylation sites (tertiary alicyclic amines) is 1. The van der Waals surface area contributed by atoms with Gasteiger partial charge in [-0.15, -0.1) is 0 Å². The van der Waals surface area contributed by atoms with Gasteiger partial charge in [-0.05, 0) is 56.9 Å². The van der Waals surface area contributed by atoms with Gasteiger partial charge in [-0.3, -0.25) is 4.79 Å². The Labute approximate surface area is 117 Å². The molecule has 1 atom stereocenters. The van der Waals surface area contributed by atoms with Gasteiger partial charge in [0, 0.05) is 12.1 Å². The number of carbonyl (C=O) groups excluding carboxylic acids is 1. The summed E-state index contributed by atoms with van der Waals surface area (Å²) in [5.74, 6) is -1.14. The molecule has 108 valence electrons. The summed E-state index contributed by atoms with van der Waals surface area (Å²) in [4.78, 5) is 25.5. The molecule has 20 heavy (non-hydrogen) atoms. The van der Waals surface area contributed by atoms with E-state index in [2.05, 4.69) is 0 Å². The minimum atomic E-state index is -1.15. The van der Waals surface area contributed by atoms with E-state index in [1.807, 2.05) is 0 Å². The molecule has 5 nitrogen and oxygen atoms in total. The number of benzene rings is 1. The zero-order chi connectivity index (χ0) is 14.9. The summed E-state index contributed by atoms with van der Waals surface area (Å²) in [6.07, 6.45) is 2.08. The van der Waals surface area contributed by atoms with Gasteiger partial charge >= 0.3 is 5.97 Å². The van der Waals surface area contributed by atoms with Crippen molar-refractivity contribution in [1.29, 1.82) is 0 Å². The maximum absolute atomic E-state index is 12.6. The number of hydrogen-bond donors (Lipinski definition) is 2. The van der Waals surface area contributed by atoms with Crippen LogP contribution in [0.1, 0.15) is 42.1 Å². The molecule has 0 spiro atoms. The van der Waals surface area contributed by atoms with E-state index < -0.39 is 11.5 Å². The van der Waals surface area contributed by atoms with Gasteiger partial charge in [0.25, 0.3) is 5.91 Å². The number of aryl methyl sites for hydroxylation is 1. The molecule has 5 heteroatoms. The number of hydrogen-bond acceptors (Lipinski definition) is 3. The van der Waals surface area contributed by atoms with Crippen LogP contribution in [0.15, 0.2) is 18.2 Å². The molecule has 1 saturated heterocycles. The average Bonchev–Trinajstić information content (AvgIpc) is 2.41. The van der Waals surface area contributed by atoms with Crippen LogP contribution in [-0.2, 0) is 4.79 Å². The molecular weight excluding hydrogens is 258 g/mol. The molecule has 1 amide bonds.